The summed E-state index contributed by atoms with van der Waals surface area (Å²) in [6.07, 6.45) is 2.18. The van der Waals surface area contributed by atoms with Crippen LogP contribution in [0.1, 0.15) is 33.4 Å². The predicted octanol–water partition coefficient (Wildman–Crippen LogP) is 4.28. The van der Waals surface area contributed by atoms with Gasteiger partial charge in [-0.2, -0.15) is 5.10 Å². The lowest BCUT2D eigenvalue weighted by Crippen LogP contribution is -2.17. The molecule has 1 heterocycles. The summed E-state index contributed by atoms with van der Waals surface area (Å²) < 4.78 is 5.79. The van der Waals surface area contributed by atoms with Crippen molar-refractivity contribution >= 4 is 40.2 Å². The Morgan fingerprint density at radius 1 is 1.32 bits per heavy atom. The predicted molar refractivity (Wildman–Crippen MR) is 113 cm³/mol. The normalized spacial score (nSPS) is 10.9. The second-order valence-electron chi connectivity index (χ2n) is 5.83. The number of halogens is 1. The van der Waals surface area contributed by atoms with Crippen LogP contribution in [0.15, 0.2) is 53.6 Å². The molecule has 1 aromatic heterocycles. The molecule has 0 unspecified atom stereocenters. The summed E-state index contributed by atoms with van der Waals surface area (Å²) in [5.74, 6) is 0.354. The third-order valence-corrected chi connectivity index (χ3v) is 5.14. The van der Waals surface area contributed by atoms with Gasteiger partial charge in [-0.05, 0) is 30.2 Å². The molecule has 0 radical (unpaired) electrons. The number of anilines is 1. The number of hydrogen-bond acceptors (Lipinski definition) is 6. The van der Waals surface area contributed by atoms with Gasteiger partial charge in [0.25, 0.3) is 5.91 Å². The summed E-state index contributed by atoms with van der Waals surface area (Å²) in [5, 5.41) is 5.05. The van der Waals surface area contributed by atoms with Crippen LogP contribution in [0.3, 0.4) is 0 Å². The minimum Gasteiger partial charge on any atom is -0.489 e. The van der Waals surface area contributed by atoms with Crippen LogP contribution in [0.4, 0.5) is 5.13 Å². The summed E-state index contributed by atoms with van der Waals surface area (Å²) in [4.78, 5) is 16.9. The highest BCUT2D eigenvalue weighted by Crippen LogP contribution is 2.21. The van der Waals surface area contributed by atoms with Crippen LogP contribution in [-0.4, -0.2) is 17.1 Å². The lowest BCUT2D eigenvalue weighted by molar-refractivity contribution is 0.0958. The lowest BCUT2D eigenvalue weighted by Gasteiger charge is -2.08. The first kappa shape index (κ1) is 19.9. The van der Waals surface area contributed by atoms with Gasteiger partial charge >= 0.3 is 0 Å². The van der Waals surface area contributed by atoms with E-state index in [1.165, 1.54) is 0 Å². The number of nitrogens with two attached hydrogens (primary N) is 1. The molecule has 0 spiro atoms. The van der Waals surface area contributed by atoms with Crippen molar-refractivity contribution in [3.63, 3.8) is 0 Å². The highest BCUT2D eigenvalue weighted by atomic mass is 35.5. The average molecular weight is 415 g/mol. The van der Waals surface area contributed by atoms with E-state index < -0.39 is 0 Å². The Morgan fingerprint density at radius 3 is 2.93 bits per heavy atom. The molecule has 0 atom stereocenters. The first-order valence-electron chi connectivity index (χ1n) is 8.61. The van der Waals surface area contributed by atoms with E-state index in [0.29, 0.717) is 39.5 Å². The minimum absolute atomic E-state index is 0.326. The Labute approximate surface area is 172 Å². The van der Waals surface area contributed by atoms with Crippen LogP contribution in [0.5, 0.6) is 5.75 Å². The van der Waals surface area contributed by atoms with E-state index in [0.717, 1.165) is 22.5 Å². The molecule has 0 aliphatic heterocycles. The Hall–Kier alpha value is -2.90. The van der Waals surface area contributed by atoms with Gasteiger partial charge in [-0.3, -0.25) is 4.79 Å². The van der Waals surface area contributed by atoms with Crippen LogP contribution in [-0.2, 0) is 13.0 Å². The number of hydrogen-bond donors (Lipinski definition) is 2. The number of thiazole rings is 1. The fourth-order valence-electron chi connectivity index (χ4n) is 2.46. The van der Waals surface area contributed by atoms with E-state index in [-0.39, 0.29) is 5.91 Å². The van der Waals surface area contributed by atoms with Gasteiger partial charge in [-0.25, -0.2) is 10.4 Å². The number of hydrazone groups is 1. The summed E-state index contributed by atoms with van der Waals surface area (Å²) in [6, 6.07) is 14.9. The highest BCUT2D eigenvalue weighted by molar-refractivity contribution is 7.17. The zero-order chi connectivity index (χ0) is 19.9. The van der Waals surface area contributed by atoms with Gasteiger partial charge in [-0.15, -0.1) is 0 Å². The molecular formula is C20H19ClN4O2S. The van der Waals surface area contributed by atoms with Crippen molar-refractivity contribution in [3.8, 4) is 5.75 Å². The maximum Gasteiger partial charge on any atom is 0.283 e. The second-order valence-corrected chi connectivity index (χ2v) is 7.27. The van der Waals surface area contributed by atoms with Crippen molar-refractivity contribution in [1.82, 2.24) is 10.4 Å². The summed E-state index contributed by atoms with van der Waals surface area (Å²) >= 11 is 7.29. The van der Waals surface area contributed by atoms with Crippen molar-refractivity contribution < 1.29 is 9.53 Å². The quantitative estimate of drug-likeness (QED) is 0.446. The van der Waals surface area contributed by atoms with Crippen LogP contribution < -0.4 is 15.9 Å². The molecular weight excluding hydrogens is 396 g/mol. The zero-order valence-corrected chi connectivity index (χ0v) is 16.8. The first-order valence-corrected chi connectivity index (χ1v) is 9.81. The van der Waals surface area contributed by atoms with E-state index in [1.54, 1.807) is 6.21 Å². The third kappa shape index (κ3) is 5.09. The molecule has 0 aliphatic rings. The fourth-order valence-corrected chi connectivity index (χ4v) is 3.47. The van der Waals surface area contributed by atoms with Crippen molar-refractivity contribution in [2.75, 3.05) is 5.73 Å². The Kier molecular flexibility index (Phi) is 6.62. The SMILES string of the molecule is CCc1nc(N)sc1C(=O)NN=Cc1cccc(OCc2ccccc2Cl)c1. The molecule has 0 aliphatic carbocycles. The molecule has 28 heavy (non-hydrogen) atoms. The number of carbonyl (C=O) groups is 1. The maximum atomic E-state index is 12.2. The van der Waals surface area contributed by atoms with Crippen LogP contribution >= 0.6 is 22.9 Å². The molecule has 3 rings (SSSR count). The van der Waals surface area contributed by atoms with Crippen LogP contribution in [0.2, 0.25) is 5.02 Å². The standard InChI is InChI=1S/C20H19ClN4O2S/c1-2-17-18(28-20(22)24-17)19(26)25-23-11-13-6-5-8-15(10-13)27-12-14-7-3-4-9-16(14)21/h3-11H,2,12H2,1H3,(H2,22,24)(H,25,26). The van der Waals surface area contributed by atoms with Crippen molar-refractivity contribution in [2.24, 2.45) is 5.10 Å². The number of aromatic nitrogens is 1. The first-order chi connectivity index (χ1) is 13.6. The van der Waals surface area contributed by atoms with Crippen molar-refractivity contribution in [2.45, 2.75) is 20.0 Å². The number of ether oxygens (including phenoxy) is 1. The number of benzene rings is 2. The van der Waals surface area contributed by atoms with Gasteiger partial charge in [0.1, 0.15) is 17.2 Å². The molecule has 2 aromatic carbocycles. The number of rotatable bonds is 7. The maximum absolute atomic E-state index is 12.2. The van der Waals surface area contributed by atoms with Gasteiger partial charge in [0, 0.05) is 10.6 Å². The summed E-state index contributed by atoms with van der Waals surface area (Å²) in [7, 11) is 0. The Morgan fingerprint density at radius 2 is 2.14 bits per heavy atom. The average Bonchev–Trinajstić information content (AvgIpc) is 3.08. The fraction of sp³-hybridized carbons (Fsp3) is 0.150. The van der Waals surface area contributed by atoms with Gasteiger partial charge < -0.3 is 10.5 Å². The van der Waals surface area contributed by atoms with Crippen molar-refractivity contribution in [1.29, 1.82) is 0 Å². The van der Waals surface area contributed by atoms with Gasteiger partial charge in [0.15, 0.2) is 5.13 Å². The molecule has 3 aromatic rings. The number of carbonyl (C=O) groups excluding carboxylic acids is 1. The molecule has 8 heteroatoms. The van der Waals surface area contributed by atoms with E-state index in [4.69, 9.17) is 22.1 Å². The molecule has 3 N–H and O–H groups in total. The molecule has 6 nitrogen and oxygen atoms in total. The van der Waals surface area contributed by atoms with E-state index in [1.807, 2.05) is 55.5 Å². The van der Waals surface area contributed by atoms with E-state index in [9.17, 15) is 4.79 Å². The van der Waals surface area contributed by atoms with Gasteiger partial charge in [-0.1, -0.05) is 60.2 Å². The van der Waals surface area contributed by atoms with Gasteiger partial charge in [0.05, 0.1) is 11.9 Å². The molecule has 0 fully saturated rings. The van der Waals surface area contributed by atoms with E-state index in [2.05, 4.69) is 15.5 Å². The minimum atomic E-state index is -0.326. The molecule has 0 bridgehead atoms. The Bertz CT molecular complexity index is 1000. The number of nitrogens with one attached hydrogen (secondary N) is 1. The monoisotopic (exact) mass is 414 g/mol. The number of aryl methyl sites for hydroxylation is 1. The summed E-state index contributed by atoms with van der Waals surface area (Å²) in [5.41, 5.74) is 10.6. The second kappa shape index (κ2) is 9.34. The van der Waals surface area contributed by atoms with Gasteiger partial charge in [0.2, 0.25) is 0 Å². The smallest absolute Gasteiger partial charge is 0.283 e. The highest BCUT2D eigenvalue weighted by Gasteiger charge is 2.15. The third-order valence-electron chi connectivity index (χ3n) is 3.84. The molecule has 0 saturated heterocycles. The number of amides is 1. The zero-order valence-electron chi connectivity index (χ0n) is 15.2. The Balaban J connectivity index is 1.61. The largest absolute Gasteiger partial charge is 0.489 e. The topological polar surface area (TPSA) is 89.6 Å². The van der Waals surface area contributed by atoms with Crippen molar-refractivity contribution in [3.05, 3.63) is 75.3 Å². The number of nitrogen functional groups attached to an aromatic ring is 1. The van der Waals surface area contributed by atoms with Crippen LogP contribution in [0, 0.1) is 0 Å². The van der Waals surface area contributed by atoms with E-state index >= 15 is 0 Å². The molecule has 0 saturated carbocycles. The lowest BCUT2D eigenvalue weighted by atomic mass is 10.2. The van der Waals surface area contributed by atoms with Crippen LogP contribution in [0.25, 0.3) is 0 Å². The molecule has 144 valence electrons. The summed E-state index contributed by atoms with van der Waals surface area (Å²) in [6.45, 7) is 2.28. The number of nitrogens with zero attached hydrogens (tertiary/aromatic N) is 2. The molecule has 1 amide bonds.